The first kappa shape index (κ1) is 106. The molecule has 0 atom stereocenters. The van der Waals surface area contributed by atoms with Crippen LogP contribution in [-0.4, -0.2) is 149 Å². The molecule has 0 aliphatic carbocycles. The van der Waals surface area contributed by atoms with Gasteiger partial charge in [0.1, 0.15) is 11.5 Å². The van der Waals surface area contributed by atoms with Crippen LogP contribution in [0.5, 0.6) is 57.5 Å². The van der Waals surface area contributed by atoms with Gasteiger partial charge in [-0.05, 0) is 94.5 Å². The monoisotopic (exact) mass is 1750 g/mol. The zero-order valence-electron chi connectivity index (χ0n) is 61.1. The van der Waals surface area contributed by atoms with Crippen molar-refractivity contribution in [2.45, 2.75) is 25.7 Å². The molecule has 0 aliphatic rings. The summed E-state index contributed by atoms with van der Waals surface area (Å²) in [5.74, 6) is -3.42. The average molecular weight is 1750 g/mol. The van der Waals surface area contributed by atoms with Gasteiger partial charge in [-0.1, -0.05) is 218 Å². The van der Waals surface area contributed by atoms with Crippen LogP contribution in [0.25, 0.3) is 0 Å². The number of carboxylic acids is 2. The fourth-order valence-corrected chi connectivity index (χ4v) is 8.31. The van der Waals surface area contributed by atoms with Crippen LogP contribution in [0.15, 0.2) is 283 Å². The third-order valence-corrected chi connectivity index (χ3v) is 13.7. The van der Waals surface area contributed by atoms with Gasteiger partial charge in [0, 0.05) is 127 Å². The Balaban J connectivity index is -0.00000129. The number of aliphatic imine (C=N–C) groups is 8. The molecule has 0 amide bonds. The van der Waals surface area contributed by atoms with Crippen LogP contribution in [0, 0.1) is 0 Å². The third kappa shape index (κ3) is 45.7. The van der Waals surface area contributed by atoms with Crippen molar-refractivity contribution in [2.24, 2.45) is 39.9 Å². The van der Waals surface area contributed by atoms with Gasteiger partial charge in [0.15, 0.2) is 0 Å². The molecule has 113 heavy (non-hydrogen) atoms. The number of rotatable bonds is 26. The number of nitrogens with zero attached hydrogens (tertiary/aromatic N) is 8. The molecule has 29 heteroatoms. The van der Waals surface area contributed by atoms with Crippen LogP contribution < -0.4 is 51.1 Å². The van der Waals surface area contributed by atoms with Crippen molar-refractivity contribution in [1.82, 2.24) is 0 Å². The van der Waals surface area contributed by atoms with Crippen molar-refractivity contribution in [2.75, 3.05) is 66.6 Å². The molecule has 0 saturated heterocycles. The second-order valence-corrected chi connectivity index (χ2v) is 21.6. The molecule has 10 aromatic rings. The van der Waals surface area contributed by atoms with Gasteiger partial charge >= 0.3 is 83.0 Å². The third-order valence-electron chi connectivity index (χ3n) is 13.7. The second kappa shape index (κ2) is 66.7. The Kier molecular flexibility index (Phi) is 62.6. The minimum absolute atomic E-state index is 0. The number of benzene rings is 10. The molecular formula is C84H82MnN8Ni4O16. The van der Waals surface area contributed by atoms with E-state index in [0.717, 1.165) is 39.9 Å². The smallest absolute Gasteiger partial charge is 0.872 e. The standard InChI is InChI=1S/4C17H18N2O2.2C7H6O3.2CH4O.Mn.4Ni/c4*20-16-8-3-1-6-14(16)12-18-10-5-11-19-13-15-7-2-4-9-17(15)21;2*8-6-4-2-1-3-5(6)7(9)10;2*1-2;;;;;/h4*1-4,6-9,12-13,20-21H,5,10-11H2;2*1-4,8H,(H,9,10);2*2H,1H3;;;;;/q;;;;;;;;5*+2/p-10. The molecule has 1 radical (unpaired) electrons. The zero-order chi connectivity index (χ0) is 78.8. The summed E-state index contributed by atoms with van der Waals surface area (Å²) in [6, 6.07) is 65.6. The van der Waals surface area contributed by atoms with Gasteiger partial charge in [-0.25, -0.2) is 0 Å². The summed E-state index contributed by atoms with van der Waals surface area (Å²) in [4.78, 5) is 53.9. The van der Waals surface area contributed by atoms with E-state index in [9.17, 15) is 60.7 Å². The molecule has 0 fully saturated rings. The number of aliphatic hydroxyl groups is 2. The molecule has 0 aromatic heterocycles. The molecule has 4 N–H and O–H groups in total. The summed E-state index contributed by atoms with van der Waals surface area (Å²) in [5.41, 5.74) is 4.43. The number of carboxylic acid groups (broad SMARTS) is 2. The molecule has 24 nitrogen and oxygen atoms in total. The van der Waals surface area contributed by atoms with Crippen LogP contribution in [0.1, 0.15) is 90.9 Å². The molecule has 10 aromatic carbocycles. The van der Waals surface area contributed by atoms with E-state index in [4.69, 9.17) is 20.4 Å². The Morgan fingerprint density at radius 1 is 0.248 bits per heavy atom. The summed E-state index contributed by atoms with van der Waals surface area (Å²) in [7, 11) is 2.00. The number of aliphatic hydroxyl groups excluding tert-OH is 2. The maximum absolute atomic E-state index is 11.4. The molecule has 0 saturated carbocycles. The van der Waals surface area contributed by atoms with Crippen molar-refractivity contribution in [3.8, 4) is 57.5 Å². The minimum atomic E-state index is -1.36. The number of hydrogen-bond acceptors (Lipinski definition) is 24. The molecule has 0 aliphatic heterocycles. The molecule has 0 bridgehead atoms. The summed E-state index contributed by atoms with van der Waals surface area (Å²) in [5, 5.41) is 143. The second-order valence-electron chi connectivity index (χ2n) is 21.6. The first-order valence-corrected chi connectivity index (χ1v) is 33.5. The largest absolute Gasteiger partial charge is 2.00 e. The van der Waals surface area contributed by atoms with E-state index in [0.29, 0.717) is 96.9 Å². The number of phenols is 2. The van der Waals surface area contributed by atoms with Crippen molar-refractivity contribution >= 4 is 61.7 Å². The number of aromatic hydroxyl groups is 2. The normalized spacial score (nSPS) is 10.2. The van der Waals surface area contributed by atoms with Crippen LogP contribution in [0.2, 0.25) is 0 Å². The van der Waals surface area contributed by atoms with E-state index in [2.05, 4.69) is 39.9 Å². The molecule has 0 spiro atoms. The van der Waals surface area contributed by atoms with Crippen molar-refractivity contribution in [1.29, 1.82) is 0 Å². The van der Waals surface area contributed by atoms with Gasteiger partial charge in [-0.2, -0.15) is 0 Å². The quantitative estimate of drug-likeness (QED) is 0.0284. The topological polar surface area (TPSA) is 445 Å². The maximum atomic E-state index is 11.4. The zero-order valence-corrected chi connectivity index (χ0v) is 66.2. The Morgan fingerprint density at radius 2 is 0.372 bits per heavy atom. The van der Waals surface area contributed by atoms with Gasteiger partial charge in [-0.15, -0.1) is 46.0 Å². The molecule has 10 rings (SSSR count). The fraction of sp³-hybridized carbons (Fsp3) is 0.167. The molecule has 0 unspecified atom stereocenters. The van der Waals surface area contributed by atoms with Crippen LogP contribution in [-0.2, 0) is 83.0 Å². The average Bonchev–Trinajstić information content (AvgIpc) is 0.886. The van der Waals surface area contributed by atoms with Gasteiger partial charge in [0.05, 0.1) is 11.9 Å². The van der Waals surface area contributed by atoms with Crippen LogP contribution in [0.3, 0.4) is 0 Å². The number of carbonyl (C=O) groups is 2. The first-order chi connectivity index (χ1) is 52.5. The van der Waals surface area contributed by atoms with E-state index in [1.165, 1.54) is 84.9 Å². The van der Waals surface area contributed by atoms with Crippen molar-refractivity contribution in [3.63, 3.8) is 0 Å². The Labute approximate surface area is 708 Å². The fourth-order valence-electron chi connectivity index (χ4n) is 8.31. The van der Waals surface area contributed by atoms with Gasteiger partial charge in [0.2, 0.25) is 0 Å². The van der Waals surface area contributed by atoms with E-state index in [1.807, 2.05) is 48.5 Å². The summed E-state index contributed by atoms with van der Waals surface area (Å²) >= 11 is 0. The van der Waals surface area contributed by atoms with E-state index >= 15 is 0 Å². The molecular weight excluding hydrogens is 1670 g/mol. The van der Waals surface area contributed by atoms with Crippen molar-refractivity contribution in [3.05, 3.63) is 298 Å². The van der Waals surface area contributed by atoms with Gasteiger partial charge in [-0.3, -0.25) is 39.9 Å². The maximum Gasteiger partial charge on any atom is 2.00 e. The number of para-hydroxylation sites is 10. The van der Waals surface area contributed by atoms with Crippen LogP contribution in [0.4, 0.5) is 0 Å². The SMILES string of the molecule is CO.CO.O=C([O-])c1ccccc1O.O=C([O-])c1ccccc1O.[Mn+2].[Ni+2].[Ni+2].[Ni+2].[Ni+2].[O-]c1ccccc1C=NCCCN=Cc1ccccc1[O-].[O-]c1ccccc1C=NCCCN=Cc1ccccc1[O-].[O-]c1ccccc1C=NCCCN=Cc1ccccc1[O-].[O-]c1ccccc1C=NCCCN=Cc1ccccc1[O-]. The number of aromatic carboxylic acids is 2. The van der Waals surface area contributed by atoms with Gasteiger partial charge in [0.25, 0.3) is 0 Å². The van der Waals surface area contributed by atoms with E-state index in [-0.39, 0.29) is 152 Å². The van der Waals surface area contributed by atoms with Gasteiger partial charge < -0.3 is 81.1 Å². The van der Waals surface area contributed by atoms with Crippen LogP contribution >= 0.6 is 0 Å². The Hall–Kier alpha value is -11.1. The predicted molar refractivity (Wildman–Crippen MR) is 406 cm³/mol. The Bertz CT molecular complexity index is 3790. The summed E-state index contributed by atoms with van der Waals surface area (Å²) < 4.78 is 0. The first-order valence-electron chi connectivity index (χ1n) is 33.5. The predicted octanol–water partition coefficient (Wildman–Crippen LogP) is 5.76. The number of carbonyl (C=O) groups excluding carboxylic acids is 2. The molecule has 0 heterocycles. The van der Waals surface area contributed by atoms with Crippen molar-refractivity contribution < 1.29 is 164 Å². The number of hydrogen-bond donors (Lipinski definition) is 4. The Morgan fingerprint density at radius 3 is 0.487 bits per heavy atom. The van der Waals surface area contributed by atoms with E-state index < -0.39 is 11.9 Å². The molecule has 601 valence electrons. The van der Waals surface area contributed by atoms with E-state index in [1.54, 1.807) is 159 Å². The summed E-state index contributed by atoms with van der Waals surface area (Å²) in [6.45, 7) is 4.82. The minimum Gasteiger partial charge on any atom is -0.872 e. The summed E-state index contributed by atoms with van der Waals surface area (Å²) in [6.07, 6.45) is 15.9.